The fourth-order valence-electron chi connectivity index (χ4n) is 1.40. The second-order valence-electron chi connectivity index (χ2n) is 3.93. The van der Waals surface area contributed by atoms with Gasteiger partial charge < -0.3 is 5.32 Å². The molecule has 7 heteroatoms. The molecule has 0 radical (unpaired) electrons. The smallest absolute Gasteiger partial charge is 0.364 e. The molecule has 0 saturated heterocycles. The van der Waals surface area contributed by atoms with E-state index in [1.165, 1.54) is 0 Å². The van der Waals surface area contributed by atoms with Crippen molar-refractivity contribution in [2.75, 3.05) is 5.32 Å². The molecule has 0 atom stereocenters. The van der Waals surface area contributed by atoms with E-state index in [2.05, 4.69) is 20.3 Å². The molecule has 0 saturated carbocycles. The third-order valence-corrected chi connectivity index (χ3v) is 2.37. The molecule has 4 nitrogen and oxygen atoms in total. The van der Waals surface area contributed by atoms with Crippen LogP contribution in [-0.2, 0) is 12.7 Å². The highest BCUT2D eigenvalue weighted by Crippen LogP contribution is 2.29. The topological polar surface area (TPSA) is 50.7 Å². The molecule has 100 valence electrons. The SMILES string of the molecule is Cc1cnc(CNc2cc(C(F)(F)F)ccn2)cn1. The number of rotatable bonds is 3. The highest BCUT2D eigenvalue weighted by atomic mass is 19.4. The standard InChI is InChI=1S/C12H11F3N4/c1-8-5-18-10(6-17-8)7-19-11-4-9(2-3-16-11)12(13,14)15/h2-6H,7H2,1H3,(H,16,19). The lowest BCUT2D eigenvalue weighted by Crippen LogP contribution is -2.08. The molecule has 1 N–H and O–H groups in total. The summed E-state index contributed by atoms with van der Waals surface area (Å²) in [5.41, 5.74) is 0.672. The van der Waals surface area contributed by atoms with Gasteiger partial charge in [0.2, 0.25) is 0 Å². The number of aryl methyl sites for hydroxylation is 1. The van der Waals surface area contributed by atoms with Crippen molar-refractivity contribution in [2.24, 2.45) is 0 Å². The molecule has 0 aromatic carbocycles. The Morgan fingerprint density at radius 1 is 1.16 bits per heavy atom. The van der Waals surface area contributed by atoms with Crippen LogP contribution in [0.15, 0.2) is 30.7 Å². The minimum atomic E-state index is -4.37. The number of alkyl halides is 3. The van der Waals surface area contributed by atoms with Crippen molar-refractivity contribution in [3.05, 3.63) is 47.7 Å². The second kappa shape index (κ2) is 5.21. The zero-order valence-corrected chi connectivity index (χ0v) is 10.1. The van der Waals surface area contributed by atoms with E-state index >= 15 is 0 Å². The molecular weight excluding hydrogens is 257 g/mol. The van der Waals surface area contributed by atoms with Gasteiger partial charge in [-0.1, -0.05) is 0 Å². The summed E-state index contributed by atoms with van der Waals surface area (Å²) >= 11 is 0. The summed E-state index contributed by atoms with van der Waals surface area (Å²) in [5, 5.41) is 2.78. The fraction of sp³-hybridized carbons (Fsp3) is 0.250. The molecule has 0 aliphatic carbocycles. The minimum absolute atomic E-state index is 0.150. The lowest BCUT2D eigenvalue weighted by molar-refractivity contribution is -0.137. The van der Waals surface area contributed by atoms with E-state index < -0.39 is 11.7 Å². The quantitative estimate of drug-likeness (QED) is 0.930. The van der Waals surface area contributed by atoms with E-state index in [-0.39, 0.29) is 12.4 Å². The van der Waals surface area contributed by atoms with Crippen LogP contribution in [0.25, 0.3) is 0 Å². The van der Waals surface area contributed by atoms with Crippen molar-refractivity contribution >= 4 is 5.82 Å². The second-order valence-corrected chi connectivity index (χ2v) is 3.93. The van der Waals surface area contributed by atoms with Crippen LogP contribution in [0.4, 0.5) is 19.0 Å². The van der Waals surface area contributed by atoms with Crippen molar-refractivity contribution in [1.29, 1.82) is 0 Å². The normalized spacial score (nSPS) is 11.4. The van der Waals surface area contributed by atoms with Crippen LogP contribution >= 0.6 is 0 Å². The molecule has 0 amide bonds. The third-order valence-electron chi connectivity index (χ3n) is 2.37. The first-order valence-electron chi connectivity index (χ1n) is 5.50. The van der Waals surface area contributed by atoms with Gasteiger partial charge in [-0.05, 0) is 19.1 Å². The maximum Gasteiger partial charge on any atom is 0.416 e. The molecule has 2 aromatic rings. The predicted octanol–water partition coefficient (Wildman–Crippen LogP) is 2.81. The minimum Gasteiger partial charge on any atom is -0.364 e. The summed E-state index contributed by atoms with van der Waals surface area (Å²) in [5.74, 6) is 0.150. The maximum atomic E-state index is 12.5. The van der Waals surface area contributed by atoms with Gasteiger partial charge in [-0.3, -0.25) is 9.97 Å². The summed E-state index contributed by atoms with van der Waals surface area (Å²) in [6.45, 7) is 2.07. The fourth-order valence-corrected chi connectivity index (χ4v) is 1.40. The Morgan fingerprint density at radius 2 is 1.95 bits per heavy atom. The van der Waals surface area contributed by atoms with Crippen LogP contribution in [0.2, 0.25) is 0 Å². The summed E-state index contributed by atoms with van der Waals surface area (Å²) in [6.07, 6.45) is -0.0957. The Bertz CT molecular complexity index is 552. The molecular formula is C12H11F3N4. The number of hydrogen-bond donors (Lipinski definition) is 1. The molecule has 0 spiro atoms. The average Bonchev–Trinajstić information content (AvgIpc) is 2.37. The van der Waals surface area contributed by atoms with E-state index in [4.69, 9.17) is 0 Å². The molecule has 0 aliphatic heterocycles. The summed E-state index contributed by atoms with van der Waals surface area (Å²) in [7, 11) is 0. The molecule has 2 heterocycles. The summed E-state index contributed by atoms with van der Waals surface area (Å²) < 4.78 is 37.5. The molecule has 19 heavy (non-hydrogen) atoms. The number of nitrogens with one attached hydrogen (secondary N) is 1. The van der Waals surface area contributed by atoms with Crippen LogP contribution in [0.5, 0.6) is 0 Å². The van der Waals surface area contributed by atoms with Crippen LogP contribution in [0.3, 0.4) is 0 Å². The van der Waals surface area contributed by atoms with Crippen LogP contribution < -0.4 is 5.32 Å². The van der Waals surface area contributed by atoms with Crippen molar-refractivity contribution < 1.29 is 13.2 Å². The van der Waals surface area contributed by atoms with Crippen molar-refractivity contribution in [3.63, 3.8) is 0 Å². The van der Waals surface area contributed by atoms with Crippen molar-refractivity contribution in [1.82, 2.24) is 15.0 Å². The number of halogens is 3. The number of pyridine rings is 1. The Labute approximate surface area is 107 Å². The van der Waals surface area contributed by atoms with E-state index in [9.17, 15) is 13.2 Å². The van der Waals surface area contributed by atoms with Gasteiger partial charge in [-0.25, -0.2) is 4.98 Å². The number of nitrogens with zero attached hydrogens (tertiary/aromatic N) is 3. The maximum absolute atomic E-state index is 12.5. The van der Waals surface area contributed by atoms with Gasteiger partial charge in [0, 0.05) is 12.4 Å². The third kappa shape index (κ3) is 3.64. The molecule has 0 fully saturated rings. The number of hydrogen-bond acceptors (Lipinski definition) is 4. The van der Waals surface area contributed by atoms with Crippen molar-refractivity contribution in [2.45, 2.75) is 19.6 Å². The molecule has 0 bridgehead atoms. The largest absolute Gasteiger partial charge is 0.416 e. The molecule has 0 aliphatic rings. The van der Waals surface area contributed by atoms with Crippen LogP contribution in [0, 0.1) is 6.92 Å². The highest BCUT2D eigenvalue weighted by molar-refractivity contribution is 5.38. The zero-order chi connectivity index (χ0) is 13.9. The van der Waals surface area contributed by atoms with Crippen LogP contribution in [0.1, 0.15) is 17.0 Å². The Balaban J connectivity index is 2.05. The van der Waals surface area contributed by atoms with Gasteiger partial charge in [-0.2, -0.15) is 13.2 Å². The van der Waals surface area contributed by atoms with Gasteiger partial charge in [0.1, 0.15) is 5.82 Å². The predicted molar refractivity (Wildman–Crippen MR) is 63.3 cm³/mol. The first kappa shape index (κ1) is 13.3. The van der Waals surface area contributed by atoms with E-state index in [1.54, 1.807) is 19.3 Å². The number of anilines is 1. The first-order valence-corrected chi connectivity index (χ1v) is 5.50. The molecule has 2 rings (SSSR count). The van der Waals surface area contributed by atoms with Crippen molar-refractivity contribution in [3.8, 4) is 0 Å². The van der Waals surface area contributed by atoms with Gasteiger partial charge >= 0.3 is 6.18 Å². The molecule has 2 aromatic heterocycles. The zero-order valence-electron chi connectivity index (χ0n) is 10.1. The average molecular weight is 268 g/mol. The summed E-state index contributed by atoms with van der Waals surface area (Å²) in [6, 6.07) is 1.89. The van der Waals surface area contributed by atoms with Gasteiger partial charge in [0.15, 0.2) is 0 Å². The Morgan fingerprint density at radius 3 is 2.58 bits per heavy atom. The number of aromatic nitrogens is 3. The summed E-state index contributed by atoms with van der Waals surface area (Å²) in [4.78, 5) is 12.0. The van der Waals surface area contributed by atoms with Crippen LogP contribution in [-0.4, -0.2) is 15.0 Å². The van der Waals surface area contributed by atoms with Gasteiger partial charge in [0.05, 0.1) is 29.7 Å². The van der Waals surface area contributed by atoms with Gasteiger partial charge in [0.25, 0.3) is 0 Å². The van der Waals surface area contributed by atoms with E-state index in [1.807, 2.05) is 0 Å². The van der Waals surface area contributed by atoms with E-state index in [0.717, 1.165) is 24.0 Å². The highest BCUT2D eigenvalue weighted by Gasteiger charge is 2.30. The first-order chi connectivity index (χ1) is 8.95. The lowest BCUT2D eigenvalue weighted by atomic mass is 10.2. The Hall–Kier alpha value is -2.18. The van der Waals surface area contributed by atoms with E-state index in [0.29, 0.717) is 5.69 Å². The molecule has 0 unspecified atom stereocenters. The monoisotopic (exact) mass is 268 g/mol. The lowest BCUT2D eigenvalue weighted by Gasteiger charge is -2.09. The van der Waals surface area contributed by atoms with Gasteiger partial charge in [-0.15, -0.1) is 0 Å². The Kier molecular flexibility index (Phi) is 3.64.